The molecule has 4 nitrogen and oxygen atoms in total. The standard InChI is InChI=1S/C23H26N2O2/c26-22(24-14-12-19-8-4-5-9-20(19)16-24)10-11-23(27)25-15-13-21(17-25)18-6-2-1-3-7-18/h1-9,21H,10-17H2. The predicted octanol–water partition coefficient (Wildman–Crippen LogP) is 3.37. The molecule has 0 bridgehead atoms. The van der Waals surface area contributed by atoms with Crippen molar-refractivity contribution in [2.24, 2.45) is 0 Å². The van der Waals surface area contributed by atoms with Crippen molar-refractivity contribution in [2.75, 3.05) is 19.6 Å². The summed E-state index contributed by atoms with van der Waals surface area (Å²) in [7, 11) is 0. The quantitative estimate of drug-likeness (QED) is 0.837. The van der Waals surface area contributed by atoms with E-state index in [0.29, 0.717) is 25.3 Å². The fourth-order valence-electron chi connectivity index (χ4n) is 4.22. The van der Waals surface area contributed by atoms with Crippen LogP contribution in [0.4, 0.5) is 0 Å². The fraction of sp³-hybridized carbons (Fsp3) is 0.391. The van der Waals surface area contributed by atoms with Gasteiger partial charge in [-0.15, -0.1) is 0 Å². The molecule has 2 aliphatic rings. The Kier molecular flexibility index (Phi) is 5.23. The molecule has 1 saturated heterocycles. The van der Waals surface area contributed by atoms with Crippen molar-refractivity contribution in [2.45, 2.75) is 38.1 Å². The average Bonchev–Trinajstić information content (AvgIpc) is 3.22. The van der Waals surface area contributed by atoms with Crippen molar-refractivity contribution >= 4 is 11.8 Å². The third-order valence-corrected chi connectivity index (χ3v) is 5.85. The molecule has 140 valence electrons. The summed E-state index contributed by atoms with van der Waals surface area (Å²) in [4.78, 5) is 29.0. The van der Waals surface area contributed by atoms with Gasteiger partial charge in [0.2, 0.25) is 11.8 Å². The maximum Gasteiger partial charge on any atom is 0.223 e. The van der Waals surface area contributed by atoms with Gasteiger partial charge in [0.1, 0.15) is 0 Å². The zero-order valence-corrected chi connectivity index (χ0v) is 15.6. The Hall–Kier alpha value is -2.62. The first-order valence-corrected chi connectivity index (χ1v) is 9.88. The minimum Gasteiger partial charge on any atom is -0.342 e. The lowest BCUT2D eigenvalue weighted by Gasteiger charge is -2.29. The SMILES string of the molecule is O=C(CCC(=O)N1CCC(c2ccccc2)C1)N1CCc2ccccc2C1. The summed E-state index contributed by atoms with van der Waals surface area (Å²) >= 11 is 0. The first kappa shape index (κ1) is 17.8. The highest BCUT2D eigenvalue weighted by Gasteiger charge is 2.28. The van der Waals surface area contributed by atoms with E-state index < -0.39 is 0 Å². The van der Waals surface area contributed by atoms with Gasteiger partial charge in [-0.05, 0) is 29.5 Å². The van der Waals surface area contributed by atoms with Crippen LogP contribution in [0, 0.1) is 0 Å². The van der Waals surface area contributed by atoms with Gasteiger partial charge in [0.15, 0.2) is 0 Å². The number of benzene rings is 2. The molecule has 4 rings (SSSR count). The number of amides is 2. The molecule has 2 heterocycles. The van der Waals surface area contributed by atoms with Gasteiger partial charge in [-0.25, -0.2) is 0 Å². The van der Waals surface area contributed by atoms with Gasteiger partial charge in [-0.1, -0.05) is 54.6 Å². The number of hydrogen-bond donors (Lipinski definition) is 0. The molecule has 27 heavy (non-hydrogen) atoms. The van der Waals surface area contributed by atoms with E-state index in [9.17, 15) is 9.59 Å². The van der Waals surface area contributed by atoms with Crippen LogP contribution in [0.15, 0.2) is 54.6 Å². The summed E-state index contributed by atoms with van der Waals surface area (Å²) in [6, 6.07) is 18.7. The highest BCUT2D eigenvalue weighted by Crippen LogP contribution is 2.27. The summed E-state index contributed by atoms with van der Waals surface area (Å²) in [5, 5.41) is 0. The minimum absolute atomic E-state index is 0.0941. The van der Waals surface area contributed by atoms with E-state index in [2.05, 4.69) is 36.4 Å². The van der Waals surface area contributed by atoms with Crippen LogP contribution < -0.4 is 0 Å². The maximum absolute atomic E-state index is 12.6. The molecule has 1 atom stereocenters. The Bertz CT molecular complexity index is 818. The van der Waals surface area contributed by atoms with Crippen LogP contribution in [0.5, 0.6) is 0 Å². The van der Waals surface area contributed by atoms with Crippen LogP contribution in [0.1, 0.15) is 41.9 Å². The molecule has 0 aliphatic carbocycles. The Labute approximate surface area is 160 Å². The number of fused-ring (bicyclic) bond motifs is 1. The molecular formula is C23H26N2O2. The Morgan fingerprint density at radius 2 is 1.48 bits per heavy atom. The van der Waals surface area contributed by atoms with Crippen molar-refractivity contribution in [3.8, 4) is 0 Å². The molecule has 0 radical (unpaired) electrons. The van der Waals surface area contributed by atoms with E-state index in [1.807, 2.05) is 28.0 Å². The zero-order valence-electron chi connectivity index (χ0n) is 15.6. The first-order valence-electron chi connectivity index (χ1n) is 9.88. The predicted molar refractivity (Wildman–Crippen MR) is 105 cm³/mol. The Morgan fingerprint density at radius 1 is 0.815 bits per heavy atom. The second-order valence-electron chi connectivity index (χ2n) is 7.57. The average molecular weight is 362 g/mol. The molecule has 2 amide bonds. The topological polar surface area (TPSA) is 40.6 Å². The second kappa shape index (κ2) is 7.95. The minimum atomic E-state index is 0.0941. The molecule has 2 aliphatic heterocycles. The lowest BCUT2D eigenvalue weighted by atomic mass is 9.99. The normalized spacial score (nSPS) is 19.0. The third kappa shape index (κ3) is 4.05. The van der Waals surface area contributed by atoms with E-state index in [1.165, 1.54) is 16.7 Å². The number of nitrogens with zero attached hydrogens (tertiary/aromatic N) is 2. The number of carbonyl (C=O) groups is 2. The monoisotopic (exact) mass is 362 g/mol. The molecule has 0 N–H and O–H groups in total. The molecule has 0 saturated carbocycles. The van der Waals surface area contributed by atoms with Crippen molar-refractivity contribution in [1.82, 2.24) is 9.80 Å². The molecule has 0 aromatic heterocycles. The highest BCUT2D eigenvalue weighted by molar-refractivity contribution is 5.84. The van der Waals surface area contributed by atoms with Crippen LogP contribution in [-0.2, 0) is 22.6 Å². The van der Waals surface area contributed by atoms with E-state index in [0.717, 1.165) is 32.5 Å². The summed E-state index contributed by atoms with van der Waals surface area (Å²) in [5.74, 6) is 0.625. The molecule has 4 heteroatoms. The van der Waals surface area contributed by atoms with Crippen LogP contribution in [0.2, 0.25) is 0 Å². The molecule has 1 fully saturated rings. The third-order valence-electron chi connectivity index (χ3n) is 5.85. The van der Waals surface area contributed by atoms with Gasteiger partial charge < -0.3 is 9.80 Å². The van der Waals surface area contributed by atoms with E-state index in [1.54, 1.807) is 0 Å². The second-order valence-corrected chi connectivity index (χ2v) is 7.57. The van der Waals surface area contributed by atoms with Gasteiger partial charge >= 0.3 is 0 Å². The lowest BCUT2D eigenvalue weighted by molar-refractivity contribution is -0.137. The number of hydrogen-bond acceptors (Lipinski definition) is 2. The Balaban J connectivity index is 1.27. The largest absolute Gasteiger partial charge is 0.342 e. The fourth-order valence-corrected chi connectivity index (χ4v) is 4.22. The number of carbonyl (C=O) groups excluding carboxylic acids is 2. The smallest absolute Gasteiger partial charge is 0.223 e. The summed E-state index contributed by atoms with van der Waals surface area (Å²) < 4.78 is 0. The van der Waals surface area contributed by atoms with Crippen LogP contribution >= 0.6 is 0 Å². The van der Waals surface area contributed by atoms with E-state index >= 15 is 0 Å². The molecule has 0 spiro atoms. The number of likely N-dealkylation sites (tertiary alicyclic amines) is 1. The van der Waals surface area contributed by atoms with Gasteiger partial charge in [0, 0.05) is 44.9 Å². The Morgan fingerprint density at radius 3 is 2.26 bits per heavy atom. The first-order chi connectivity index (χ1) is 13.2. The van der Waals surface area contributed by atoms with Crippen LogP contribution in [0.3, 0.4) is 0 Å². The highest BCUT2D eigenvalue weighted by atomic mass is 16.2. The van der Waals surface area contributed by atoms with Gasteiger partial charge in [-0.3, -0.25) is 9.59 Å². The van der Waals surface area contributed by atoms with Crippen molar-refractivity contribution in [1.29, 1.82) is 0 Å². The molecule has 2 aromatic carbocycles. The molecule has 1 unspecified atom stereocenters. The molecular weight excluding hydrogens is 336 g/mol. The maximum atomic E-state index is 12.6. The zero-order chi connectivity index (χ0) is 18.6. The van der Waals surface area contributed by atoms with Gasteiger partial charge in [0.05, 0.1) is 0 Å². The van der Waals surface area contributed by atoms with Gasteiger partial charge in [-0.2, -0.15) is 0 Å². The number of rotatable bonds is 4. The van der Waals surface area contributed by atoms with E-state index in [-0.39, 0.29) is 11.8 Å². The van der Waals surface area contributed by atoms with Crippen LogP contribution in [0.25, 0.3) is 0 Å². The summed E-state index contributed by atoms with van der Waals surface area (Å²) in [6.07, 6.45) is 2.54. The summed E-state index contributed by atoms with van der Waals surface area (Å²) in [6.45, 7) is 2.99. The lowest BCUT2D eigenvalue weighted by Crippen LogP contribution is -2.37. The van der Waals surface area contributed by atoms with Gasteiger partial charge in [0.25, 0.3) is 0 Å². The van der Waals surface area contributed by atoms with Crippen LogP contribution in [-0.4, -0.2) is 41.2 Å². The van der Waals surface area contributed by atoms with E-state index in [4.69, 9.17) is 0 Å². The van der Waals surface area contributed by atoms with Crippen molar-refractivity contribution in [3.63, 3.8) is 0 Å². The summed E-state index contributed by atoms with van der Waals surface area (Å²) in [5.41, 5.74) is 3.87. The molecule has 2 aromatic rings. The van der Waals surface area contributed by atoms with Crippen molar-refractivity contribution in [3.05, 3.63) is 71.3 Å². The van der Waals surface area contributed by atoms with Crippen molar-refractivity contribution < 1.29 is 9.59 Å².